The molecule has 0 saturated carbocycles. The number of carbonyl (C=O) groups excluding carboxylic acids is 1. The van der Waals surface area contributed by atoms with E-state index in [0.717, 1.165) is 16.8 Å². The lowest BCUT2D eigenvalue weighted by Gasteiger charge is -2.29. The Balaban J connectivity index is 1.71. The summed E-state index contributed by atoms with van der Waals surface area (Å²) in [4.78, 5) is 12.6. The van der Waals surface area contributed by atoms with Crippen molar-refractivity contribution in [3.63, 3.8) is 0 Å². The first-order valence-corrected chi connectivity index (χ1v) is 10.2. The number of nitrogens with one attached hydrogen (secondary N) is 1. The highest BCUT2D eigenvalue weighted by Crippen LogP contribution is 2.29. The molecule has 1 aliphatic rings. The molecule has 5 nitrogen and oxygen atoms in total. The molecule has 1 amide bonds. The smallest absolute Gasteiger partial charge is 0.227 e. The zero-order chi connectivity index (χ0) is 17.9. The average Bonchev–Trinajstić information content (AvgIpc) is 2.62. The maximum Gasteiger partial charge on any atom is 0.227 e. The molecule has 25 heavy (non-hydrogen) atoms. The molecule has 2 aromatic rings. The van der Waals surface area contributed by atoms with Crippen LogP contribution in [0, 0.1) is 5.92 Å². The second kappa shape index (κ2) is 7.37. The number of carbonyl (C=O) groups is 1. The van der Waals surface area contributed by atoms with E-state index < -0.39 is 10.0 Å². The molecular formula is C19H22N2O3S. The lowest BCUT2D eigenvalue weighted by Crippen LogP contribution is -2.40. The molecule has 1 aliphatic heterocycles. The summed E-state index contributed by atoms with van der Waals surface area (Å²) >= 11 is 0. The Bertz CT molecular complexity index is 842. The summed E-state index contributed by atoms with van der Waals surface area (Å²) in [5.41, 5.74) is 2.81. The Hall–Kier alpha value is -2.18. The third kappa shape index (κ3) is 4.27. The van der Waals surface area contributed by atoms with Crippen LogP contribution in [0.15, 0.2) is 54.6 Å². The Morgan fingerprint density at radius 1 is 1.00 bits per heavy atom. The van der Waals surface area contributed by atoms with E-state index in [4.69, 9.17) is 0 Å². The highest BCUT2D eigenvalue weighted by Gasteiger charge is 2.29. The van der Waals surface area contributed by atoms with Gasteiger partial charge < -0.3 is 5.32 Å². The van der Waals surface area contributed by atoms with E-state index in [-0.39, 0.29) is 11.8 Å². The fraction of sp³-hybridized carbons (Fsp3) is 0.316. The van der Waals surface area contributed by atoms with Crippen LogP contribution in [0.25, 0.3) is 11.1 Å². The highest BCUT2D eigenvalue weighted by molar-refractivity contribution is 7.88. The number of hydrogen-bond acceptors (Lipinski definition) is 3. The molecule has 3 rings (SSSR count). The van der Waals surface area contributed by atoms with Crippen LogP contribution >= 0.6 is 0 Å². The lowest BCUT2D eigenvalue weighted by molar-refractivity contribution is -0.120. The van der Waals surface area contributed by atoms with E-state index in [1.54, 1.807) is 0 Å². The van der Waals surface area contributed by atoms with Crippen molar-refractivity contribution in [3.05, 3.63) is 54.6 Å². The van der Waals surface area contributed by atoms with Gasteiger partial charge in [-0.1, -0.05) is 48.5 Å². The first-order valence-electron chi connectivity index (χ1n) is 8.35. The fourth-order valence-corrected chi connectivity index (χ4v) is 4.02. The van der Waals surface area contributed by atoms with Crippen molar-refractivity contribution in [2.45, 2.75) is 12.8 Å². The Labute approximate surface area is 148 Å². The van der Waals surface area contributed by atoms with E-state index in [2.05, 4.69) is 5.32 Å². The molecule has 0 radical (unpaired) electrons. The van der Waals surface area contributed by atoms with Crippen molar-refractivity contribution in [2.75, 3.05) is 24.7 Å². The SMILES string of the molecule is CS(=O)(=O)N1CCC(C(=O)Nc2ccccc2-c2ccccc2)CC1. The summed E-state index contributed by atoms with van der Waals surface area (Å²) in [6.07, 6.45) is 2.31. The summed E-state index contributed by atoms with van der Waals surface area (Å²) in [5.74, 6) is -0.210. The van der Waals surface area contributed by atoms with Crippen molar-refractivity contribution in [1.82, 2.24) is 4.31 Å². The number of piperidine rings is 1. The summed E-state index contributed by atoms with van der Waals surface area (Å²) in [7, 11) is -3.18. The third-order valence-corrected chi connectivity index (χ3v) is 5.87. The number of anilines is 1. The summed E-state index contributed by atoms with van der Waals surface area (Å²) < 4.78 is 24.6. The molecule has 1 heterocycles. The summed E-state index contributed by atoms with van der Waals surface area (Å²) in [6.45, 7) is 0.800. The lowest BCUT2D eigenvalue weighted by atomic mass is 9.96. The molecule has 1 saturated heterocycles. The maximum atomic E-state index is 12.6. The number of hydrogen-bond donors (Lipinski definition) is 1. The van der Waals surface area contributed by atoms with Gasteiger partial charge in [0.1, 0.15) is 0 Å². The molecule has 0 spiro atoms. The number of sulfonamides is 1. The Morgan fingerprint density at radius 2 is 1.60 bits per heavy atom. The van der Waals surface area contributed by atoms with Crippen LogP contribution in [-0.4, -0.2) is 38.0 Å². The first-order chi connectivity index (χ1) is 11.9. The van der Waals surface area contributed by atoms with Gasteiger partial charge in [-0.25, -0.2) is 12.7 Å². The van der Waals surface area contributed by atoms with Gasteiger partial charge in [-0.05, 0) is 24.5 Å². The van der Waals surface area contributed by atoms with Gasteiger partial charge in [0.15, 0.2) is 0 Å². The Morgan fingerprint density at radius 3 is 2.24 bits per heavy atom. The second-order valence-corrected chi connectivity index (χ2v) is 8.32. The van der Waals surface area contributed by atoms with Crippen LogP contribution in [0.1, 0.15) is 12.8 Å². The topological polar surface area (TPSA) is 66.5 Å². The van der Waals surface area contributed by atoms with Crippen molar-refractivity contribution < 1.29 is 13.2 Å². The second-order valence-electron chi connectivity index (χ2n) is 6.34. The minimum Gasteiger partial charge on any atom is -0.325 e. The van der Waals surface area contributed by atoms with Crippen molar-refractivity contribution >= 4 is 21.6 Å². The molecule has 0 unspecified atom stereocenters. The molecule has 2 aromatic carbocycles. The number of amides is 1. The third-order valence-electron chi connectivity index (χ3n) is 4.56. The molecule has 0 bridgehead atoms. The average molecular weight is 358 g/mol. The first kappa shape index (κ1) is 17.6. The van der Waals surface area contributed by atoms with Gasteiger partial charge in [-0.15, -0.1) is 0 Å². The van der Waals surface area contributed by atoms with Gasteiger partial charge in [-0.3, -0.25) is 4.79 Å². The quantitative estimate of drug-likeness (QED) is 0.914. The van der Waals surface area contributed by atoms with Gasteiger partial charge in [0.25, 0.3) is 0 Å². The van der Waals surface area contributed by atoms with E-state index in [0.29, 0.717) is 25.9 Å². The number of benzene rings is 2. The standard InChI is InChI=1S/C19H22N2O3S/c1-25(23,24)21-13-11-16(12-14-21)19(22)20-18-10-6-5-9-17(18)15-7-3-2-4-8-15/h2-10,16H,11-14H2,1H3,(H,20,22). The zero-order valence-electron chi connectivity index (χ0n) is 14.2. The minimum absolute atomic E-state index is 0.0449. The number of para-hydroxylation sites is 1. The van der Waals surface area contributed by atoms with Crippen molar-refractivity contribution in [1.29, 1.82) is 0 Å². The van der Waals surface area contributed by atoms with Crippen LogP contribution < -0.4 is 5.32 Å². The highest BCUT2D eigenvalue weighted by atomic mass is 32.2. The van der Waals surface area contributed by atoms with Gasteiger partial charge in [0.2, 0.25) is 15.9 Å². The summed E-state index contributed by atoms with van der Waals surface area (Å²) in [5, 5.41) is 3.03. The van der Waals surface area contributed by atoms with E-state index in [1.165, 1.54) is 10.6 Å². The minimum atomic E-state index is -3.18. The molecule has 0 aromatic heterocycles. The number of rotatable bonds is 4. The van der Waals surface area contributed by atoms with E-state index in [1.807, 2.05) is 54.6 Å². The normalized spacial score (nSPS) is 16.5. The van der Waals surface area contributed by atoms with Gasteiger partial charge >= 0.3 is 0 Å². The molecule has 0 atom stereocenters. The van der Waals surface area contributed by atoms with E-state index >= 15 is 0 Å². The molecule has 132 valence electrons. The van der Waals surface area contributed by atoms with Gasteiger partial charge in [-0.2, -0.15) is 0 Å². The monoisotopic (exact) mass is 358 g/mol. The molecule has 6 heteroatoms. The Kier molecular flexibility index (Phi) is 5.20. The zero-order valence-corrected chi connectivity index (χ0v) is 15.0. The van der Waals surface area contributed by atoms with Crippen LogP contribution in [0.3, 0.4) is 0 Å². The summed E-state index contributed by atoms with van der Waals surface area (Å²) in [6, 6.07) is 17.6. The maximum absolute atomic E-state index is 12.6. The van der Waals surface area contributed by atoms with Crippen LogP contribution in [-0.2, 0) is 14.8 Å². The largest absolute Gasteiger partial charge is 0.325 e. The van der Waals surface area contributed by atoms with E-state index in [9.17, 15) is 13.2 Å². The van der Waals surface area contributed by atoms with Crippen molar-refractivity contribution in [3.8, 4) is 11.1 Å². The molecule has 1 N–H and O–H groups in total. The predicted octanol–water partition coefficient (Wildman–Crippen LogP) is 2.96. The molecule has 0 aliphatic carbocycles. The van der Waals surface area contributed by atoms with Gasteiger partial charge in [0.05, 0.1) is 6.26 Å². The van der Waals surface area contributed by atoms with Crippen LogP contribution in [0.5, 0.6) is 0 Å². The van der Waals surface area contributed by atoms with Crippen molar-refractivity contribution in [2.24, 2.45) is 5.92 Å². The van der Waals surface area contributed by atoms with Crippen LogP contribution in [0.4, 0.5) is 5.69 Å². The molecule has 1 fully saturated rings. The fourth-order valence-electron chi connectivity index (χ4n) is 3.15. The molecular weight excluding hydrogens is 336 g/mol. The van der Waals surface area contributed by atoms with Gasteiger partial charge in [0, 0.05) is 30.3 Å². The number of nitrogens with zero attached hydrogens (tertiary/aromatic N) is 1. The van der Waals surface area contributed by atoms with Crippen LogP contribution in [0.2, 0.25) is 0 Å². The predicted molar refractivity (Wildman–Crippen MR) is 99.6 cm³/mol.